The second-order valence-corrected chi connectivity index (χ2v) is 7.20. The predicted octanol–water partition coefficient (Wildman–Crippen LogP) is 5.42. The molecule has 2 nitrogen and oxygen atoms in total. The van der Waals surface area contributed by atoms with E-state index in [1.165, 1.54) is 16.0 Å². The fourth-order valence-corrected chi connectivity index (χ4v) is 4.23. The number of hydrogen-bond donors (Lipinski definition) is 0. The second-order valence-electron chi connectivity index (χ2n) is 5.04. The molecular formula is C17H17BrN2S. The van der Waals surface area contributed by atoms with E-state index < -0.39 is 0 Å². The van der Waals surface area contributed by atoms with Crippen LogP contribution in [0.15, 0.2) is 45.8 Å². The maximum absolute atomic E-state index is 4.87. The lowest BCUT2D eigenvalue weighted by Crippen LogP contribution is -1.94. The Hall–Kier alpha value is -1.26. The van der Waals surface area contributed by atoms with E-state index in [9.17, 15) is 0 Å². The molecule has 0 radical (unpaired) electrons. The first-order chi connectivity index (χ1) is 10.1. The van der Waals surface area contributed by atoms with E-state index in [2.05, 4.69) is 77.8 Å². The average Bonchev–Trinajstić information content (AvgIpc) is 2.77. The summed E-state index contributed by atoms with van der Waals surface area (Å²) in [6.07, 6.45) is 0. The van der Waals surface area contributed by atoms with Crippen LogP contribution in [0.2, 0.25) is 0 Å². The van der Waals surface area contributed by atoms with Crippen LogP contribution in [0.25, 0.3) is 22.4 Å². The molecule has 0 unspecified atom stereocenters. The fraction of sp³-hybridized carbons (Fsp3) is 0.235. The molecule has 0 aliphatic heterocycles. The molecule has 0 aliphatic rings. The quantitative estimate of drug-likeness (QED) is 0.580. The van der Waals surface area contributed by atoms with E-state index in [4.69, 9.17) is 4.98 Å². The number of hydrogen-bond acceptors (Lipinski definition) is 2. The van der Waals surface area contributed by atoms with Gasteiger partial charge >= 0.3 is 0 Å². The molecule has 3 rings (SSSR count). The molecule has 0 saturated heterocycles. The van der Waals surface area contributed by atoms with Gasteiger partial charge in [0, 0.05) is 22.0 Å². The second kappa shape index (κ2) is 5.85. The number of imidazole rings is 1. The van der Waals surface area contributed by atoms with Gasteiger partial charge in [-0.2, -0.15) is 0 Å². The van der Waals surface area contributed by atoms with Gasteiger partial charge in [0.15, 0.2) is 0 Å². The molecule has 1 aromatic heterocycles. The van der Waals surface area contributed by atoms with Crippen molar-refractivity contribution in [3.05, 3.63) is 46.4 Å². The summed E-state index contributed by atoms with van der Waals surface area (Å²) >= 11 is 5.53. The van der Waals surface area contributed by atoms with Gasteiger partial charge in [-0.3, -0.25) is 0 Å². The third-order valence-corrected chi connectivity index (χ3v) is 5.06. The van der Waals surface area contributed by atoms with Crippen LogP contribution in [0.1, 0.15) is 12.5 Å². The summed E-state index contributed by atoms with van der Waals surface area (Å²) < 4.78 is 3.27. The summed E-state index contributed by atoms with van der Waals surface area (Å²) in [5.41, 5.74) is 4.60. The van der Waals surface area contributed by atoms with Crippen molar-refractivity contribution in [3.8, 4) is 11.4 Å². The number of benzene rings is 2. The zero-order chi connectivity index (χ0) is 15.0. The number of fused-ring (bicyclic) bond motifs is 1. The summed E-state index contributed by atoms with van der Waals surface area (Å²) in [6.45, 7) is 4.27. The minimum absolute atomic E-state index is 1.02. The zero-order valence-electron chi connectivity index (χ0n) is 12.4. The molecule has 0 fully saturated rings. The molecule has 21 heavy (non-hydrogen) atoms. The Morgan fingerprint density at radius 3 is 2.76 bits per heavy atom. The number of nitrogens with zero attached hydrogens (tertiary/aromatic N) is 2. The number of rotatable bonds is 3. The predicted molar refractivity (Wildman–Crippen MR) is 95.0 cm³/mol. The van der Waals surface area contributed by atoms with Crippen molar-refractivity contribution < 1.29 is 0 Å². The van der Waals surface area contributed by atoms with E-state index >= 15 is 0 Å². The van der Waals surface area contributed by atoms with Crippen molar-refractivity contribution in [2.24, 2.45) is 7.05 Å². The van der Waals surface area contributed by atoms with Crippen molar-refractivity contribution in [1.82, 2.24) is 9.55 Å². The lowest BCUT2D eigenvalue weighted by molar-refractivity contribution is 0.953. The van der Waals surface area contributed by atoms with Crippen LogP contribution >= 0.6 is 27.7 Å². The molecule has 0 amide bonds. The lowest BCUT2D eigenvalue weighted by atomic mass is 10.2. The van der Waals surface area contributed by atoms with Crippen LogP contribution in [0.5, 0.6) is 0 Å². The average molecular weight is 361 g/mol. The van der Waals surface area contributed by atoms with Gasteiger partial charge in [-0.25, -0.2) is 4.98 Å². The number of aryl methyl sites for hydroxylation is 2. The smallest absolute Gasteiger partial charge is 0.142 e. The van der Waals surface area contributed by atoms with Crippen LogP contribution < -0.4 is 0 Å². The molecule has 0 aliphatic carbocycles. The minimum atomic E-state index is 1.02. The zero-order valence-corrected chi connectivity index (χ0v) is 14.8. The Balaban J connectivity index is 2.27. The highest BCUT2D eigenvalue weighted by Gasteiger charge is 2.15. The van der Waals surface area contributed by atoms with Gasteiger partial charge in [-0.05, 0) is 52.4 Å². The van der Waals surface area contributed by atoms with Crippen molar-refractivity contribution in [2.45, 2.75) is 18.7 Å². The van der Waals surface area contributed by atoms with E-state index in [0.717, 1.165) is 27.1 Å². The van der Waals surface area contributed by atoms with Gasteiger partial charge in [0.25, 0.3) is 0 Å². The Morgan fingerprint density at radius 2 is 2.00 bits per heavy atom. The molecular weight excluding hydrogens is 344 g/mol. The molecule has 1 heterocycles. The van der Waals surface area contributed by atoms with Crippen LogP contribution in [0.3, 0.4) is 0 Å². The minimum Gasteiger partial charge on any atom is -0.326 e. The van der Waals surface area contributed by atoms with E-state index in [1.807, 2.05) is 11.8 Å². The van der Waals surface area contributed by atoms with Gasteiger partial charge in [0.1, 0.15) is 5.82 Å². The Morgan fingerprint density at radius 1 is 1.24 bits per heavy atom. The van der Waals surface area contributed by atoms with Gasteiger partial charge in [-0.15, -0.1) is 11.8 Å². The first kappa shape index (κ1) is 14.7. The Bertz CT molecular complexity index is 808. The van der Waals surface area contributed by atoms with Gasteiger partial charge < -0.3 is 4.57 Å². The highest BCUT2D eigenvalue weighted by atomic mass is 79.9. The molecule has 2 aromatic carbocycles. The lowest BCUT2D eigenvalue weighted by Gasteiger charge is -2.08. The molecule has 0 saturated carbocycles. The molecule has 0 spiro atoms. The highest BCUT2D eigenvalue weighted by Crippen LogP contribution is 2.34. The maximum Gasteiger partial charge on any atom is 0.142 e. The Kier molecular flexibility index (Phi) is 4.09. The van der Waals surface area contributed by atoms with Crippen LogP contribution in [0.4, 0.5) is 0 Å². The van der Waals surface area contributed by atoms with Crippen molar-refractivity contribution in [2.75, 3.05) is 5.75 Å². The van der Waals surface area contributed by atoms with Crippen LogP contribution in [-0.2, 0) is 7.05 Å². The number of thioether (sulfide) groups is 1. The number of halogens is 1. The van der Waals surface area contributed by atoms with Crippen LogP contribution in [-0.4, -0.2) is 15.3 Å². The van der Waals surface area contributed by atoms with Crippen molar-refractivity contribution in [1.29, 1.82) is 0 Å². The summed E-state index contributed by atoms with van der Waals surface area (Å²) in [6, 6.07) is 12.8. The highest BCUT2D eigenvalue weighted by molar-refractivity contribution is 9.10. The summed E-state index contributed by atoms with van der Waals surface area (Å²) in [4.78, 5) is 6.15. The van der Waals surface area contributed by atoms with Gasteiger partial charge in [-0.1, -0.05) is 25.1 Å². The third kappa shape index (κ3) is 2.62. The molecule has 0 bridgehead atoms. The summed E-state index contributed by atoms with van der Waals surface area (Å²) in [5, 5.41) is 0. The van der Waals surface area contributed by atoms with Gasteiger partial charge in [0.2, 0.25) is 0 Å². The largest absolute Gasteiger partial charge is 0.326 e. The standard InChI is InChI=1S/C17H17BrN2S/c1-4-21-15-8-6-5-7-12(15)17-19-14-10-11(2)9-13(18)16(14)20(17)3/h5-10H,4H2,1-3H3. The van der Waals surface area contributed by atoms with E-state index in [1.54, 1.807) is 0 Å². The summed E-state index contributed by atoms with van der Waals surface area (Å²) in [5.74, 6) is 2.08. The molecule has 0 N–H and O–H groups in total. The van der Waals surface area contributed by atoms with Gasteiger partial charge in [0.05, 0.1) is 11.0 Å². The molecule has 4 heteroatoms. The van der Waals surface area contributed by atoms with E-state index in [0.29, 0.717) is 0 Å². The first-order valence-corrected chi connectivity index (χ1v) is 8.74. The first-order valence-electron chi connectivity index (χ1n) is 6.96. The molecule has 108 valence electrons. The maximum atomic E-state index is 4.87. The molecule has 3 aromatic rings. The molecule has 0 atom stereocenters. The monoisotopic (exact) mass is 360 g/mol. The van der Waals surface area contributed by atoms with E-state index in [-0.39, 0.29) is 0 Å². The Labute approximate surface area is 137 Å². The third-order valence-electron chi connectivity index (χ3n) is 3.49. The van der Waals surface area contributed by atoms with Crippen molar-refractivity contribution in [3.63, 3.8) is 0 Å². The number of aromatic nitrogens is 2. The van der Waals surface area contributed by atoms with Crippen LogP contribution in [0, 0.1) is 6.92 Å². The normalized spacial score (nSPS) is 11.2. The van der Waals surface area contributed by atoms with Crippen molar-refractivity contribution >= 4 is 38.7 Å². The topological polar surface area (TPSA) is 17.8 Å². The fourth-order valence-electron chi connectivity index (χ4n) is 2.60. The summed E-state index contributed by atoms with van der Waals surface area (Å²) in [7, 11) is 2.08. The SMILES string of the molecule is CCSc1ccccc1-c1nc2cc(C)cc(Br)c2n1C.